The first-order chi connectivity index (χ1) is 25.9. The average molecular weight is 741 g/mol. The molecule has 2 atom stereocenters. The predicted molar refractivity (Wildman–Crippen MR) is 225 cm³/mol. The van der Waals surface area contributed by atoms with Gasteiger partial charge in [-0.25, -0.2) is 4.79 Å². The number of nitrogens with two attached hydrogens (primary N) is 1. The summed E-state index contributed by atoms with van der Waals surface area (Å²) in [5.41, 5.74) is 5.48. The zero-order valence-corrected chi connectivity index (χ0v) is 34.1. The Kier molecular flexibility index (Phi) is 38.0. The maximum atomic E-state index is 12.7. The number of carbonyl (C=O) groups is 3. The second-order valence-corrected chi connectivity index (χ2v) is 14.4. The number of allylic oxidation sites excluding steroid dienone is 9. The van der Waals surface area contributed by atoms with Gasteiger partial charge in [-0.1, -0.05) is 139 Å². The molecule has 0 fully saturated rings. The summed E-state index contributed by atoms with van der Waals surface area (Å²) >= 11 is 0. The molecule has 0 radical (unpaired) electrons. The Labute approximate surface area is 325 Å². The molecule has 0 aliphatic heterocycles. The van der Waals surface area contributed by atoms with Gasteiger partial charge in [0.25, 0.3) is 0 Å². The Morgan fingerprint density at radius 3 is 1.62 bits per heavy atom. The SMILES string of the molecule is CCCCC/C=C\C/C=C\C/C=C\C(CCCCCCCC(=O)NC(CCCN)C(=O)O)OC(=O)CCCCCCC/C=C\C/C=C\CCCCCC. The van der Waals surface area contributed by atoms with Crippen LogP contribution in [0, 0.1) is 0 Å². The fourth-order valence-corrected chi connectivity index (χ4v) is 5.99. The summed E-state index contributed by atoms with van der Waals surface area (Å²) in [6, 6.07) is -0.869. The van der Waals surface area contributed by atoms with E-state index in [1.54, 1.807) is 0 Å². The summed E-state index contributed by atoms with van der Waals surface area (Å²) in [4.78, 5) is 36.3. The van der Waals surface area contributed by atoms with Crippen LogP contribution in [0.1, 0.15) is 194 Å². The zero-order chi connectivity index (χ0) is 38.9. The molecule has 0 heterocycles. The van der Waals surface area contributed by atoms with E-state index in [1.807, 2.05) is 6.08 Å². The minimum atomic E-state index is -1.02. The van der Waals surface area contributed by atoms with Gasteiger partial charge in [-0.15, -0.1) is 0 Å². The van der Waals surface area contributed by atoms with Crippen molar-refractivity contribution in [3.05, 3.63) is 60.8 Å². The van der Waals surface area contributed by atoms with E-state index in [0.29, 0.717) is 32.2 Å². The molecule has 0 aliphatic carbocycles. The molecule has 7 nitrogen and oxygen atoms in total. The van der Waals surface area contributed by atoms with Gasteiger partial charge in [0.15, 0.2) is 0 Å². The molecule has 7 heteroatoms. The first-order valence-corrected chi connectivity index (χ1v) is 21.6. The molecule has 0 rings (SSSR count). The van der Waals surface area contributed by atoms with Crippen LogP contribution in [-0.4, -0.2) is 41.6 Å². The van der Waals surface area contributed by atoms with E-state index < -0.39 is 12.0 Å². The van der Waals surface area contributed by atoms with E-state index in [2.05, 4.69) is 73.8 Å². The fraction of sp³-hybridized carbons (Fsp3) is 0.717. The van der Waals surface area contributed by atoms with Crippen molar-refractivity contribution in [1.82, 2.24) is 5.32 Å². The highest BCUT2D eigenvalue weighted by molar-refractivity contribution is 5.83. The third-order valence-electron chi connectivity index (χ3n) is 9.29. The van der Waals surface area contributed by atoms with Gasteiger partial charge in [0.1, 0.15) is 12.1 Å². The predicted octanol–water partition coefficient (Wildman–Crippen LogP) is 12.2. The molecular formula is C46H80N2O5. The second kappa shape index (κ2) is 40.3. The van der Waals surface area contributed by atoms with Crippen LogP contribution in [0.5, 0.6) is 0 Å². The molecule has 0 aromatic carbocycles. The average Bonchev–Trinajstić information content (AvgIpc) is 3.14. The van der Waals surface area contributed by atoms with Crippen molar-refractivity contribution in [2.24, 2.45) is 5.73 Å². The summed E-state index contributed by atoms with van der Waals surface area (Å²) in [7, 11) is 0. The lowest BCUT2D eigenvalue weighted by Gasteiger charge is -2.15. The number of carboxylic acid groups (broad SMARTS) is 1. The van der Waals surface area contributed by atoms with Gasteiger partial charge in [-0.2, -0.15) is 0 Å². The quantitative estimate of drug-likeness (QED) is 0.0329. The van der Waals surface area contributed by atoms with E-state index in [0.717, 1.165) is 89.9 Å². The number of carbonyl (C=O) groups excluding carboxylic acids is 2. The minimum absolute atomic E-state index is 0.109. The number of esters is 1. The maximum absolute atomic E-state index is 12.7. The fourth-order valence-electron chi connectivity index (χ4n) is 5.99. The molecule has 0 aliphatic rings. The highest BCUT2D eigenvalue weighted by Gasteiger charge is 2.18. The summed E-state index contributed by atoms with van der Waals surface area (Å²) in [5.74, 6) is -1.34. The van der Waals surface area contributed by atoms with Crippen LogP contribution in [0.4, 0.5) is 0 Å². The van der Waals surface area contributed by atoms with Crippen LogP contribution in [0.3, 0.4) is 0 Å². The van der Waals surface area contributed by atoms with Crippen molar-refractivity contribution in [3.63, 3.8) is 0 Å². The van der Waals surface area contributed by atoms with E-state index in [4.69, 9.17) is 10.5 Å². The number of amides is 1. The molecule has 304 valence electrons. The molecule has 0 spiro atoms. The number of unbranched alkanes of at least 4 members (excludes halogenated alkanes) is 16. The molecule has 0 aromatic heterocycles. The topological polar surface area (TPSA) is 119 Å². The van der Waals surface area contributed by atoms with Crippen LogP contribution < -0.4 is 11.1 Å². The lowest BCUT2D eigenvalue weighted by atomic mass is 10.1. The van der Waals surface area contributed by atoms with Gasteiger partial charge in [0.2, 0.25) is 5.91 Å². The minimum Gasteiger partial charge on any atom is -0.480 e. The van der Waals surface area contributed by atoms with Crippen molar-refractivity contribution in [2.75, 3.05) is 6.54 Å². The van der Waals surface area contributed by atoms with E-state index in [-0.39, 0.29) is 18.0 Å². The highest BCUT2D eigenvalue weighted by Crippen LogP contribution is 2.15. The van der Waals surface area contributed by atoms with E-state index in [1.165, 1.54) is 64.2 Å². The van der Waals surface area contributed by atoms with Crippen LogP contribution in [0.25, 0.3) is 0 Å². The largest absolute Gasteiger partial charge is 0.480 e. The molecule has 53 heavy (non-hydrogen) atoms. The number of hydrogen-bond donors (Lipinski definition) is 3. The third-order valence-corrected chi connectivity index (χ3v) is 9.29. The Balaban J connectivity index is 4.45. The molecule has 1 amide bonds. The van der Waals surface area contributed by atoms with E-state index in [9.17, 15) is 19.5 Å². The summed E-state index contributed by atoms with van der Waals surface area (Å²) < 4.78 is 5.93. The Morgan fingerprint density at radius 1 is 0.566 bits per heavy atom. The van der Waals surface area contributed by atoms with Gasteiger partial charge in [0.05, 0.1) is 0 Å². The molecule has 4 N–H and O–H groups in total. The molecule has 0 aromatic rings. The number of carboxylic acids is 1. The smallest absolute Gasteiger partial charge is 0.326 e. The lowest BCUT2D eigenvalue weighted by Crippen LogP contribution is -2.40. The van der Waals surface area contributed by atoms with Crippen LogP contribution in [0.2, 0.25) is 0 Å². The van der Waals surface area contributed by atoms with Crippen LogP contribution in [0.15, 0.2) is 60.8 Å². The number of ether oxygens (including phenoxy) is 1. The highest BCUT2D eigenvalue weighted by atomic mass is 16.5. The number of nitrogens with one attached hydrogen (secondary N) is 1. The molecule has 0 saturated carbocycles. The van der Waals surface area contributed by atoms with Gasteiger partial charge in [-0.05, 0) is 109 Å². The van der Waals surface area contributed by atoms with Gasteiger partial charge in [0, 0.05) is 12.8 Å². The van der Waals surface area contributed by atoms with Gasteiger partial charge < -0.3 is 20.9 Å². The normalized spacial score (nSPS) is 13.3. The van der Waals surface area contributed by atoms with Crippen molar-refractivity contribution in [1.29, 1.82) is 0 Å². The van der Waals surface area contributed by atoms with Crippen molar-refractivity contribution >= 4 is 17.8 Å². The third kappa shape index (κ3) is 37.2. The molecule has 0 bridgehead atoms. The molecular weight excluding hydrogens is 661 g/mol. The summed E-state index contributed by atoms with van der Waals surface area (Å²) in [6.07, 6.45) is 49.9. The first-order valence-electron chi connectivity index (χ1n) is 21.6. The van der Waals surface area contributed by atoms with Crippen molar-refractivity contribution in [3.8, 4) is 0 Å². The standard InChI is InChI=1S/C46H80N2O5/c1-3-5-7-9-11-13-15-16-17-18-19-21-23-25-30-34-40-45(50)53-42(36-31-27-24-22-20-14-12-10-8-6-4-2)37-32-28-26-29-33-39-44(49)48-43(46(51)52)38-35-41-47/h12-15,17-18,22,24,31,36,42-43H,3-11,16,19-21,23,25-30,32-35,37-41,47H2,1-2H3,(H,48,49)(H,51,52)/b14-12-,15-13-,18-17-,24-22-,36-31-. The lowest BCUT2D eigenvalue weighted by molar-refractivity contribution is -0.147. The molecule has 2 unspecified atom stereocenters. The van der Waals surface area contributed by atoms with Gasteiger partial charge >= 0.3 is 11.9 Å². The monoisotopic (exact) mass is 741 g/mol. The Hall–Kier alpha value is -2.93. The number of rotatable bonds is 38. The Morgan fingerprint density at radius 2 is 1.04 bits per heavy atom. The maximum Gasteiger partial charge on any atom is 0.326 e. The second-order valence-electron chi connectivity index (χ2n) is 14.4. The molecule has 0 saturated heterocycles. The zero-order valence-electron chi connectivity index (χ0n) is 34.1. The van der Waals surface area contributed by atoms with Crippen LogP contribution in [-0.2, 0) is 19.1 Å². The number of aliphatic carboxylic acids is 1. The summed E-state index contributed by atoms with van der Waals surface area (Å²) in [5, 5.41) is 11.9. The Bertz CT molecular complexity index is 1020. The van der Waals surface area contributed by atoms with E-state index >= 15 is 0 Å². The number of hydrogen-bond acceptors (Lipinski definition) is 5. The van der Waals surface area contributed by atoms with Gasteiger partial charge in [-0.3, -0.25) is 9.59 Å². The van der Waals surface area contributed by atoms with Crippen molar-refractivity contribution < 1.29 is 24.2 Å². The summed E-state index contributed by atoms with van der Waals surface area (Å²) in [6.45, 7) is 4.88. The first kappa shape index (κ1) is 50.1. The van der Waals surface area contributed by atoms with Crippen molar-refractivity contribution in [2.45, 2.75) is 206 Å². The van der Waals surface area contributed by atoms with Crippen LogP contribution >= 0.6 is 0 Å².